The maximum atomic E-state index is 13.3. The molecule has 1 heterocycles. The molecule has 1 aromatic rings. The van der Waals surface area contributed by atoms with Crippen LogP contribution in [0.4, 0.5) is 0 Å². The smallest absolute Gasteiger partial charge is 0.241 e. The Kier molecular flexibility index (Phi) is 8.53. The number of likely N-dealkylation sites (tertiary alicyclic amines) is 1. The average molecular weight is 409 g/mol. The summed E-state index contributed by atoms with van der Waals surface area (Å²) in [6.07, 6.45) is 4.53. The SMILES string of the molecule is CC(C)c1cc(C(C)C)c(S(=O)(=O)NCCCCN2CCCC2)c(C(C)C)c1. The molecule has 0 atom stereocenters. The third kappa shape index (κ3) is 6.04. The Hall–Kier alpha value is -0.910. The van der Waals surface area contributed by atoms with Gasteiger partial charge in [0.15, 0.2) is 0 Å². The van der Waals surface area contributed by atoms with Crippen molar-refractivity contribution in [3.05, 3.63) is 28.8 Å². The number of rotatable bonds is 10. The van der Waals surface area contributed by atoms with Gasteiger partial charge in [-0.25, -0.2) is 13.1 Å². The van der Waals surface area contributed by atoms with Crippen LogP contribution in [0.25, 0.3) is 0 Å². The van der Waals surface area contributed by atoms with Crippen molar-refractivity contribution in [3.8, 4) is 0 Å². The lowest BCUT2D eigenvalue weighted by Gasteiger charge is -2.23. The van der Waals surface area contributed by atoms with Gasteiger partial charge in [-0.2, -0.15) is 0 Å². The second-order valence-corrected chi connectivity index (χ2v) is 10.9. The normalized spacial score (nSPS) is 16.0. The predicted octanol–water partition coefficient (Wildman–Crippen LogP) is 5.21. The number of sulfonamides is 1. The van der Waals surface area contributed by atoms with Crippen molar-refractivity contribution in [2.24, 2.45) is 0 Å². The van der Waals surface area contributed by atoms with E-state index in [4.69, 9.17) is 0 Å². The Morgan fingerprint density at radius 1 is 0.893 bits per heavy atom. The predicted molar refractivity (Wildman–Crippen MR) is 119 cm³/mol. The highest BCUT2D eigenvalue weighted by Gasteiger charge is 2.26. The third-order valence-corrected chi connectivity index (χ3v) is 7.33. The molecule has 1 aromatic carbocycles. The molecule has 0 amide bonds. The molecule has 2 rings (SSSR count). The van der Waals surface area contributed by atoms with Crippen molar-refractivity contribution in [2.45, 2.75) is 89.9 Å². The second-order valence-electron chi connectivity index (χ2n) is 9.15. The number of hydrogen-bond acceptors (Lipinski definition) is 3. The van der Waals surface area contributed by atoms with Gasteiger partial charge in [0.1, 0.15) is 0 Å². The topological polar surface area (TPSA) is 49.4 Å². The minimum atomic E-state index is -3.52. The molecule has 4 nitrogen and oxygen atoms in total. The Bertz CT molecular complexity index is 704. The molecule has 1 fully saturated rings. The summed E-state index contributed by atoms with van der Waals surface area (Å²) in [4.78, 5) is 2.99. The summed E-state index contributed by atoms with van der Waals surface area (Å²) in [5.74, 6) is 0.709. The van der Waals surface area contributed by atoms with Gasteiger partial charge in [-0.1, -0.05) is 53.7 Å². The van der Waals surface area contributed by atoms with E-state index in [-0.39, 0.29) is 11.8 Å². The molecule has 0 unspecified atom stereocenters. The standard InChI is InChI=1S/C23H40N2O2S/c1-17(2)20-15-21(18(3)4)23(22(16-20)19(5)6)28(26,27)24-11-7-8-12-25-13-9-10-14-25/h15-19,24H,7-14H2,1-6H3. The lowest BCUT2D eigenvalue weighted by molar-refractivity contribution is 0.330. The van der Waals surface area contributed by atoms with Crippen LogP contribution in [0, 0.1) is 0 Å². The van der Waals surface area contributed by atoms with Crippen LogP contribution in [-0.2, 0) is 10.0 Å². The molecule has 1 N–H and O–H groups in total. The third-order valence-electron chi connectivity index (χ3n) is 5.74. The lowest BCUT2D eigenvalue weighted by atomic mass is 9.89. The molecule has 1 aliphatic heterocycles. The van der Waals surface area contributed by atoms with Crippen LogP contribution < -0.4 is 4.72 Å². The monoisotopic (exact) mass is 408 g/mol. The van der Waals surface area contributed by atoms with E-state index in [1.165, 1.54) is 31.5 Å². The van der Waals surface area contributed by atoms with Crippen molar-refractivity contribution in [1.29, 1.82) is 0 Å². The Balaban J connectivity index is 2.17. The molecule has 160 valence electrons. The first-order valence-electron chi connectivity index (χ1n) is 11.0. The number of benzene rings is 1. The van der Waals surface area contributed by atoms with E-state index < -0.39 is 10.0 Å². The van der Waals surface area contributed by atoms with E-state index in [0.29, 0.717) is 17.4 Å². The molecule has 28 heavy (non-hydrogen) atoms. The molecular formula is C23H40N2O2S. The van der Waals surface area contributed by atoms with Crippen LogP contribution in [0.1, 0.15) is 102 Å². The molecule has 1 saturated heterocycles. The van der Waals surface area contributed by atoms with Gasteiger partial charge in [-0.05, 0) is 79.8 Å². The molecule has 0 aliphatic carbocycles. The number of nitrogens with zero attached hydrogens (tertiary/aromatic N) is 1. The summed E-state index contributed by atoms with van der Waals surface area (Å²) >= 11 is 0. The van der Waals surface area contributed by atoms with Crippen LogP contribution >= 0.6 is 0 Å². The highest BCUT2D eigenvalue weighted by atomic mass is 32.2. The Labute approximate surface area is 173 Å². The maximum absolute atomic E-state index is 13.3. The first-order valence-corrected chi connectivity index (χ1v) is 12.5. The van der Waals surface area contributed by atoms with Crippen molar-refractivity contribution in [3.63, 3.8) is 0 Å². The summed E-state index contributed by atoms with van der Waals surface area (Å²) in [7, 11) is -3.52. The van der Waals surface area contributed by atoms with Crippen molar-refractivity contribution in [1.82, 2.24) is 9.62 Å². The second kappa shape index (κ2) is 10.2. The zero-order valence-corrected chi connectivity index (χ0v) is 19.5. The van der Waals surface area contributed by atoms with Crippen LogP contribution in [-0.4, -0.2) is 39.5 Å². The van der Waals surface area contributed by atoms with Crippen LogP contribution in [0.5, 0.6) is 0 Å². The average Bonchev–Trinajstić information content (AvgIpc) is 3.13. The zero-order chi connectivity index (χ0) is 20.9. The van der Waals surface area contributed by atoms with Gasteiger partial charge in [0, 0.05) is 6.54 Å². The van der Waals surface area contributed by atoms with Crippen molar-refractivity contribution < 1.29 is 8.42 Å². The first kappa shape index (κ1) is 23.4. The van der Waals surface area contributed by atoms with Gasteiger partial charge in [-0.15, -0.1) is 0 Å². The molecular weight excluding hydrogens is 368 g/mol. The lowest BCUT2D eigenvalue weighted by Crippen LogP contribution is -2.28. The minimum Gasteiger partial charge on any atom is -0.303 e. The fourth-order valence-corrected chi connectivity index (χ4v) is 5.71. The molecule has 0 radical (unpaired) electrons. The highest BCUT2D eigenvalue weighted by molar-refractivity contribution is 7.89. The van der Waals surface area contributed by atoms with Crippen LogP contribution in [0.15, 0.2) is 17.0 Å². The maximum Gasteiger partial charge on any atom is 0.241 e. The molecule has 0 aromatic heterocycles. The number of nitrogens with one attached hydrogen (secondary N) is 1. The summed E-state index contributed by atoms with van der Waals surface area (Å²) in [6.45, 7) is 16.6. The van der Waals surface area contributed by atoms with Gasteiger partial charge in [0.2, 0.25) is 10.0 Å². The molecule has 0 spiro atoms. The van der Waals surface area contributed by atoms with Crippen LogP contribution in [0.3, 0.4) is 0 Å². The largest absolute Gasteiger partial charge is 0.303 e. The van der Waals surface area contributed by atoms with E-state index in [1.54, 1.807) is 0 Å². The van der Waals surface area contributed by atoms with Gasteiger partial charge in [0.25, 0.3) is 0 Å². The fourth-order valence-electron chi connectivity index (χ4n) is 3.95. The fraction of sp³-hybridized carbons (Fsp3) is 0.739. The summed E-state index contributed by atoms with van der Waals surface area (Å²) in [5, 5.41) is 0. The van der Waals surface area contributed by atoms with E-state index in [9.17, 15) is 8.42 Å². The Morgan fingerprint density at radius 2 is 1.43 bits per heavy atom. The summed E-state index contributed by atoms with van der Waals surface area (Å²) in [6, 6.07) is 4.20. The van der Waals surface area contributed by atoms with Crippen molar-refractivity contribution >= 4 is 10.0 Å². The van der Waals surface area contributed by atoms with Gasteiger partial charge >= 0.3 is 0 Å². The molecule has 0 bridgehead atoms. The van der Waals surface area contributed by atoms with Gasteiger partial charge in [-0.3, -0.25) is 0 Å². The Morgan fingerprint density at radius 3 is 1.89 bits per heavy atom. The first-order chi connectivity index (χ1) is 13.1. The van der Waals surface area contributed by atoms with Gasteiger partial charge < -0.3 is 4.90 Å². The van der Waals surface area contributed by atoms with Gasteiger partial charge in [0.05, 0.1) is 4.90 Å². The summed E-state index contributed by atoms with van der Waals surface area (Å²) < 4.78 is 29.4. The summed E-state index contributed by atoms with van der Waals surface area (Å²) in [5.41, 5.74) is 3.11. The number of hydrogen-bond donors (Lipinski definition) is 1. The van der Waals surface area contributed by atoms with E-state index >= 15 is 0 Å². The van der Waals surface area contributed by atoms with Crippen LogP contribution in [0.2, 0.25) is 0 Å². The highest BCUT2D eigenvalue weighted by Crippen LogP contribution is 2.35. The molecule has 5 heteroatoms. The molecule has 0 saturated carbocycles. The van der Waals surface area contributed by atoms with E-state index in [0.717, 1.165) is 30.5 Å². The van der Waals surface area contributed by atoms with Crippen molar-refractivity contribution in [2.75, 3.05) is 26.2 Å². The van der Waals surface area contributed by atoms with E-state index in [1.807, 2.05) is 0 Å². The quantitative estimate of drug-likeness (QED) is 0.541. The van der Waals surface area contributed by atoms with E-state index in [2.05, 4.69) is 63.3 Å². The number of unbranched alkanes of at least 4 members (excludes halogenated alkanes) is 1. The zero-order valence-electron chi connectivity index (χ0n) is 18.7. The molecule has 1 aliphatic rings. The minimum absolute atomic E-state index is 0.165.